The van der Waals surface area contributed by atoms with Gasteiger partial charge in [0, 0.05) is 24.0 Å². The van der Waals surface area contributed by atoms with Crippen LogP contribution in [-0.4, -0.2) is 15.3 Å². The van der Waals surface area contributed by atoms with E-state index in [1.807, 2.05) is 44.2 Å². The van der Waals surface area contributed by atoms with Crippen LogP contribution in [0.25, 0.3) is 0 Å². The second-order valence-electron chi connectivity index (χ2n) is 9.29. The molecule has 4 aromatic carbocycles. The van der Waals surface area contributed by atoms with E-state index in [4.69, 9.17) is 0 Å². The lowest BCUT2D eigenvalue weighted by atomic mass is 9.87. The topological polar surface area (TPSA) is 60.7 Å². The molecule has 174 valence electrons. The molecule has 4 aromatic rings. The van der Waals surface area contributed by atoms with E-state index in [9.17, 15) is 15.3 Å². The lowest BCUT2D eigenvalue weighted by Crippen LogP contribution is -2.04. The van der Waals surface area contributed by atoms with Crippen LogP contribution >= 0.6 is 0 Å². The summed E-state index contributed by atoms with van der Waals surface area (Å²) in [7, 11) is 0. The van der Waals surface area contributed by atoms with E-state index in [2.05, 4.69) is 38.1 Å². The number of aryl methyl sites for hydroxylation is 2. The molecule has 3 heteroatoms. The van der Waals surface area contributed by atoms with Crippen LogP contribution in [0.5, 0.6) is 17.2 Å². The van der Waals surface area contributed by atoms with Gasteiger partial charge in [-0.25, -0.2) is 0 Å². The Balaban J connectivity index is 1.72. The molecule has 0 atom stereocenters. The first-order valence-electron chi connectivity index (χ1n) is 11.7. The van der Waals surface area contributed by atoms with Crippen molar-refractivity contribution < 1.29 is 15.3 Å². The average Bonchev–Trinajstić information content (AvgIpc) is 2.83. The first-order valence-corrected chi connectivity index (χ1v) is 11.7. The quantitative estimate of drug-likeness (QED) is 0.301. The van der Waals surface area contributed by atoms with Gasteiger partial charge in [-0.15, -0.1) is 0 Å². The highest BCUT2D eigenvalue weighted by molar-refractivity contribution is 5.55. The van der Waals surface area contributed by atoms with Crippen molar-refractivity contribution in [3.8, 4) is 17.2 Å². The molecule has 0 aromatic heterocycles. The zero-order valence-corrected chi connectivity index (χ0v) is 20.3. The van der Waals surface area contributed by atoms with Crippen LogP contribution in [0, 0.1) is 27.7 Å². The third kappa shape index (κ3) is 4.79. The Morgan fingerprint density at radius 2 is 0.971 bits per heavy atom. The summed E-state index contributed by atoms with van der Waals surface area (Å²) >= 11 is 0. The minimum absolute atomic E-state index is 0.235. The maximum Gasteiger partial charge on any atom is 0.122 e. The summed E-state index contributed by atoms with van der Waals surface area (Å²) in [5.74, 6) is 0.938. The molecule has 3 nitrogen and oxygen atoms in total. The fraction of sp³-hybridized carbons (Fsp3) is 0.226. The fourth-order valence-corrected chi connectivity index (χ4v) is 4.72. The molecule has 0 aliphatic heterocycles. The zero-order valence-electron chi connectivity index (χ0n) is 20.3. The van der Waals surface area contributed by atoms with Gasteiger partial charge in [-0.1, -0.05) is 54.6 Å². The van der Waals surface area contributed by atoms with Crippen molar-refractivity contribution in [3.05, 3.63) is 122 Å². The van der Waals surface area contributed by atoms with Gasteiger partial charge in [0.05, 0.1) is 0 Å². The van der Waals surface area contributed by atoms with Crippen LogP contribution < -0.4 is 0 Å². The van der Waals surface area contributed by atoms with Gasteiger partial charge in [-0.2, -0.15) is 0 Å². The smallest absolute Gasteiger partial charge is 0.122 e. The van der Waals surface area contributed by atoms with Gasteiger partial charge in [0.1, 0.15) is 17.2 Å². The second-order valence-corrected chi connectivity index (χ2v) is 9.29. The van der Waals surface area contributed by atoms with Gasteiger partial charge in [0.25, 0.3) is 0 Å². The van der Waals surface area contributed by atoms with Gasteiger partial charge >= 0.3 is 0 Å². The first-order chi connectivity index (χ1) is 16.2. The molecule has 3 N–H and O–H groups in total. The molecule has 0 saturated carbocycles. The first kappa shape index (κ1) is 23.4. The van der Waals surface area contributed by atoms with Crippen molar-refractivity contribution in [1.82, 2.24) is 0 Å². The fourth-order valence-electron chi connectivity index (χ4n) is 4.72. The minimum Gasteiger partial charge on any atom is -0.508 e. The maximum absolute atomic E-state index is 10.8. The number of benzene rings is 4. The average molecular weight is 453 g/mol. The molecule has 0 spiro atoms. The number of phenolic OH excluding ortho intramolecular Hbond substituents is 3. The molecule has 0 bridgehead atoms. The number of rotatable bonds is 6. The molecular weight excluding hydrogens is 420 g/mol. The van der Waals surface area contributed by atoms with E-state index in [1.54, 1.807) is 12.1 Å². The monoisotopic (exact) mass is 452 g/mol. The summed E-state index contributed by atoms with van der Waals surface area (Å²) < 4.78 is 0. The zero-order chi connectivity index (χ0) is 24.4. The highest BCUT2D eigenvalue weighted by Crippen LogP contribution is 2.35. The Morgan fingerprint density at radius 3 is 1.44 bits per heavy atom. The molecule has 0 amide bonds. The summed E-state index contributed by atoms with van der Waals surface area (Å²) in [6.07, 6.45) is 2.01. The molecule has 0 unspecified atom stereocenters. The van der Waals surface area contributed by atoms with Gasteiger partial charge in [-0.3, -0.25) is 0 Å². The molecule has 34 heavy (non-hydrogen) atoms. The number of hydrogen-bond acceptors (Lipinski definition) is 3. The van der Waals surface area contributed by atoms with Gasteiger partial charge < -0.3 is 15.3 Å². The van der Waals surface area contributed by atoms with Crippen molar-refractivity contribution in [2.75, 3.05) is 0 Å². The van der Waals surface area contributed by atoms with Gasteiger partial charge in [0.15, 0.2) is 0 Å². The van der Waals surface area contributed by atoms with Crippen LogP contribution in [0.15, 0.2) is 66.7 Å². The third-order valence-electron chi connectivity index (χ3n) is 6.89. The van der Waals surface area contributed by atoms with Crippen LogP contribution in [0.3, 0.4) is 0 Å². The maximum atomic E-state index is 10.8. The Bertz CT molecular complexity index is 1320. The van der Waals surface area contributed by atoms with Crippen LogP contribution in [0.4, 0.5) is 0 Å². The molecule has 0 aliphatic rings. The van der Waals surface area contributed by atoms with Crippen molar-refractivity contribution in [3.63, 3.8) is 0 Å². The predicted octanol–water partition coefficient (Wildman–Crippen LogP) is 6.81. The van der Waals surface area contributed by atoms with E-state index >= 15 is 0 Å². The lowest BCUT2D eigenvalue weighted by molar-refractivity contribution is 0.464. The van der Waals surface area contributed by atoms with Crippen LogP contribution in [0.1, 0.15) is 55.6 Å². The lowest BCUT2D eigenvalue weighted by Gasteiger charge is -2.19. The summed E-state index contributed by atoms with van der Waals surface area (Å²) in [5.41, 5.74) is 10.4. The molecule has 0 saturated heterocycles. The standard InChI is InChI=1S/C31H32O3/c1-19-14-25(21(3)28(30(19)33)16-23-8-6-5-7-9-23)18-26-15-20(2)31(34)29(22(26)4)17-24-10-12-27(32)13-11-24/h5-15,32-34H,16-18H2,1-4H3. The number of phenols is 3. The van der Waals surface area contributed by atoms with Crippen molar-refractivity contribution in [2.24, 2.45) is 0 Å². The molecule has 0 aliphatic carbocycles. The third-order valence-corrected chi connectivity index (χ3v) is 6.89. The molecule has 0 fully saturated rings. The van der Waals surface area contributed by atoms with E-state index in [1.165, 1.54) is 16.7 Å². The van der Waals surface area contributed by atoms with Crippen molar-refractivity contribution in [1.29, 1.82) is 0 Å². The minimum atomic E-state index is 0.235. The largest absolute Gasteiger partial charge is 0.508 e. The van der Waals surface area contributed by atoms with Gasteiger partial charge in [-0.05, 0) is 90.8 Å². The van der Waals surface area contributed by atoms with E-state index in [0.29, 0.717) is 24.3 Å². The summed E-state index contributed by atoms with van der Waals surface area (Å²) in [6, 6.07) is 21.5. The van der Waals surface area contributed by atoms with Crippen molar-refractivity contribution in [2.45, 2.75) is 47.0 Å². The summed E-state index contributed by atoms with van der Waals surface area (Å²) in [5, 5.41) is 31.3. The SMILES string of the molecule is Cc1cc(Cc2cc(C)c(O)c(Cc3ccc(O)cc3)c2C)c(C)c(Cc2ccccc2)c1O. The van der Waals surface area contributed by atoms with E-state index in [-0.39, 0.29) is 5.75 Å². The Kier molecular flexibility index (Phi) is 6.65. The highest BCUT2D eigenvalue weighted by atomic mass is 16.3. The van der Waals surface area contributed by atoms with Gasteiger partial charge in [0.2, 0.25) is 0 Å². The summed E-state index contributed by atoms with van der Waals surface area (Å²) in [6.45, 7) is 8.05. The van der Waals surface area contributed by atoms with Crippen LogP contribution in [0.2, 0.25) is 0 Å². The predicted molar refractivity (Wildman–Crippen MR) is 138 cm³/mol. The molecule has 0 radical (unpaired) electrons. The summed E-state index contributed by atoms with van der Waals surface area (Å²) in [4.78, 5) is 0. The molecular formula is C31H32O3. The second kappa shape index (κ2) is 9.64. The Labute approximate surface area is 202 Å². The number of aromatic hydroxyl groups is 3. The Morgan fingerprint density at radius 1 is 0.529 bits per heavy atom. The molecule has 4 rings (SSSR count). The highest BCUT2D eigenvalue weighted by Gasteiger charge is 2.18. The van der Waals surface area contributed by atoms with Crippen LogP contribution in [-0.2, 0) is 19.3 Å². The number of hydrogen-bond donors (Lipinski definition) is 3. The normalized spacial score (nSPS) is 11.1. The van der Waals surface area contributed by atoms with Crippen molar-refractivity contribution >= 4 is 0 Å². The van der Waals surface area contributed by atoms with E-state index in [0.717, 1.165) is 45.4 Å². The Hall–Kier alpha value is -3.72. The molecule has 0 heterocycles. The van der Waals surface area contributed by atoms with E-state index < -0.39 is 0 Å².